The summed E-state index contributed by atoms with van der Waals surface area (Å²) >= 11 is 0. The van der Waals surface area contributed by atoms with E-state index in [1.54, 1.807) is 12.1 Å². The van der Waals surface area contributed by atoms with E-state index in [-0.39, 0.29) is 5.78 Å². The van der Waals surface area contributed by atoms with Crippen molar-refractivity contribution in [3.05, 3.63) is 42.1 Å². The second kappa shape index (κ2) is 8.34. The number of rotatable bonds is 4. The largest absolute Gasteiger partial charge is 0.508 e. The zero-order valence-corrected chi connectivity index (χ0v) is 11.7. The number of carbonyl (C=O) groups excluding carboxylic acids is 1. The first-order valence-electron chi connectivity index (χ1n) is 5.98. The zero-order valence-electron chi connectivity index (χ0n) is 11.7. The predicted molar refractivity (Wildman–Crippen MR) is 75.5 cm³/mol. The van der Waals surface area contributed by atoms with E-state index < -0.39 is 0 Å². The Kier molecular flexibility index (Phi) is 7.52. The van der Waals surface area contributed by atoms with Crippen molar-refractivity contribution in [3.8, 4) is 5.75 Å². The fourth-order valence-corrected chi connectivity index (χ4v) is 1.36. The maximum atomic E-state index is 9.44. The molecule has 0 radical (unpaired) electrons. The van der Waals surface area contributed by atoms with E-state index in [0.29, 0.717) is 11.7 Å². The van der Waals surface area contributed by atoms with Gasteiger partial charge in [0.05, 0.1) is 0 Å². The van der Waals surface area contributed by atoms with Gasteiger partial charge in [-0.3, -0.25) is 0 Å². The normalized spacial score (nSPS) is 10.9. The number of ketones is 1. The summed E-state index contributed by atoms with van der Waals surface area (Å²) in [6.45, 7) is 9.11. The fourth-order valence-electron chi connectivity index (χ4n) is 1.36. The lowest BCUT2D eigenvalue weighted by molar-refractivity contribution is -0.114. The van der Waals surface area contributed by atoms with Gasteiger partial charge in [-0.15, -0.1) is 0 Å². The molecule has 0 heterocycles. The minimum absolute atomic E-state index is 0.167. The Balaban J connectivity index is 0.000000631. The molecule has 1 aromatic rings. The molecule has 0 fully saturated rings. The van der Waals surface area contributed by atoms with Gasteiger partial charge in [0.1, 0.15) is 11.5 Å². The summed E-state index contributed by atoms with van der Waals surface area (Å²) in [7, 11) is 1.88. The molecule has 0 bridgehead atoms. The number of aromatic hydroxyl groups is 1. The van der Waals surface area contributed by atoms with Gasteiger partial charge in [0.25, 0.3) is 0 Å². The standard InChI is InChI=1S/C12H17NO.C3H6O/c1-9(10(2)13-3)8-11-4-6-12(14)7-5-11;1-3(2)4/h4-7,9,13-14H,2,8H2,1,3H3;1-2H3. The van der Waals surface area contributed by atoms with E-state index in [0.717, 1.165) is 12.1 Å². The quantitative estimate of drug-likeness (QED) is 0.862. The Morgan fingerprint density at radius 1 is 1.33 bits per heavy atom. The second-order valence-corrected chi connectivity index (χ2v) is 4.46. The van der Waals surface area contributed by atoms with Crippen molar-refractivity contribution in [2.24, 2.45) is 5.92 Å². The van der Waals surface area contributed by atoms with Crippen molar-refractivity contribution in [3.63, 3.8) is 0 Å². The number of phenols is 1. The molecule has 0 amide bonds. The van der Waals surface area contributed by atoms with Crippen LogP contribution >= 0.6 is 0 Å². The smallest absolute Gasteiger partial charge is 0.126 e. The molecule has 1 unspecified atom stereocenters. The van der Waals surface area contributed by atoms with Crippen LogP contribution in [-0.4, -0.2) is 17.9 Å². The van der Waals surface area contributed by atoms with Crippen LogP contribution in [0.25, 0.3) is 0 Å². The molecule has 0 saturated carbocycles. The summed E-state index contributed by atoms with van der Waals surface area (Å²) in [5.41, 5.74) is 2.25. The summed E-state index contributed by atoms with van der Waals surface area (Å²) in [5.74, 6) is 0.887. The van der Waals surface area contributed by atoms with E-state index in [2.05, 4.69) is 18.8 Å². The number of carbonyl (C=O) groups is 1. The maximum absolute atomic E-state index is 9.44. The van der Waals surface area contributed by atoms with Crippen molar-refractivity contribution < 1.29 is 9.90 Å². The molecule has 1 atom stereocenters. The Morgan fingerprint density at radius 3 is 2.17 bits per heavy atom. The Labute approximate surface area is 110 Å². The molecular weight excluding hydrogens is 226 g/mol. The summed E-state index contributed by atoms with van der Waals surface area (Å²) in [4.78, 5) is 9.44. The number of benzene rings is 1. The minimum Gasteiger partial charge on any atom is -0.508 e. The Hall–Kier alpha value is -1.77. The highest BCUT2D eigenvalue weighted by atomic mass is 16.3. The van der Waals surface area contributed by atoms with Crippen LogP contribution in [0.2, 0.25) is 0 Å². The number of Topliss-reactive ketones (excluding diaryl/α,β-unsaturated/α-hetero) is 1. The number of hydrogen-bond acceptors (Lipinski definition) is 3. The number of nitrogens with one attached hydrogen (secondary N) is 1. The fraction of sp³-hybridized carbons (Fsp3) is 0.400. The van der Waals surface area contributed by atoms with Crippen molar-refractivity contribution in [1.82, 2.24) is 5.32 Å². The number of hydrogen-bond donors (Lipinski definition) is 2. The van der Waals surface area contributed by atoms with Crippen LogP contribution in [-0.2, 0) is 11.2 Å². The summed E-state index contributed by atoms with van der Waals surface area (Å²) < 4.78 is 0. The van der Waals surface area contributed by atoms with Crippen LogP contribution in [0.15, 0.2) is 36.5 Å². The lowest BCUT2D eigenvalue weighted by Gasteiger charge is -2.14. The van der Waals surface area contributed by atoms with Crippen LogP contribution in [0.1, 0.15) is 26.3 Å². The van der Waals surface area contributed by atoms with Crippen molar-refractivity contribution in [2.45, 2.75) is 27.2 Å². The molecule has 1 rings (SSSR count). The van der Waals surface area contributed by atoms with Gasteiger partial charge in [-0.1, -0.05) is 25.6 Å². The third-order valence-electron chi connectivity index (χ3n) is 2.39. The van der Waals surface area contributed by atoms with E-state index in [9.17, 15) is 4.79 Å². The molecule has 100 valence electrons. The Morgan fingerprint density at radius 2 is 1.78 bits per heavy atom. The number of allylic oxidation sites excluding steroid dienone is 1. The van der Waals surface area contributed by atoms with Crippen LogP contribution in [0, 0.1) is 5.92 Å². The average Bonchev–Trinajstić information content (AvgIpc) is 2.30. The van der Waals surface area contributed by atoms with E-state index in [4.69, 9.17) is 5.11 Å². The van der Waals surface area contributed by atoms with Gasteiger partial charge in [-0.05, 0) is 43.9 Å². The molecule has 0 aliphatic carbocycles. The van der Waals surface area contributed by atoms with Crippen LogP contribution < -0.4 is 5.32 Å². The van der Waals surface area contributed by atoms with Gasteiger partial charge < -0.3 is 15.2 Å². The Bertz CT molecular complexity index is 378. The molecule has 0 spiro atoms. The van der Waals surface area contributed by atoms with Crippen LogP contribution in [0.5, 0.6) is 5.75 Å². The molecule has 1 aromatic carbocycles. The molecule has 0 aromatic heterocycles. The van der Waals surface area contributed by atoms with E-state index in [1.807, 2.05) is 19.2 Å². The van der Waals surface area contributed by atoms with Crippen molar-refractivity contribution in [1.29, 1.82) is 0 Å². The second-order valence-electron chi connectivity index (χ2n) is 4.46. The third-order valence-corrected chi connectivity index (χ3v) is 2.39. The zero-order chi connectivity index (χ0) is 14.1. The summed E-state index contributed by atoms with van der Waals surface area (Å²) in [6.07, 6.45) is 0.944. The summed E-state index contributed by atoms with van der Waals surface area (Å²) in [6, 6.07) is 7.30. The highest BCUT2D eigenvalue weighted by Gasteiger charge is 2.05. The first kappa shape index (κ1) is 16.2. The van der Waals surface area contributed by atoms with Crippen molar-refractivity contribution >= 4 is 5.78 Å². The first-order valence-corrected chi connectivity index (χ1v) is 5.98. The first-order chi connectivity index (χ1) is 8.36. The lowest BCUT2D eigenvalue weighted by Crippen LogP contribution is -2.14. The third kappa shape index (κ3) is 7.49. The highest BCUT2D eigenvalue weighted by Crippen LogP contribution is 2.16. The topological polar surface area (TPSA) is 49.3 Å². The molecule has 18 heavy (non-hydrogen) atoms. The number of phenolic OH excluding ortho intramolecular Hbond substituents is 1. The van der Waals surface area contributed by atoms with Gasteiger partial charge in [-0.2, -0.15) is 0 Å². The van der Waals surface area contributed by atoms with E-state index >= 15 is 0 Å². The van der Waals surface area contributed by atoms with E-state index in [1.165, 1.54) is 19.4 Å². The van der Waals surface area contributed by atoms with Gasteiger partial charge in [-0.25, -0.2) is 0 Å². The van der Waals surface area contributed by atoms with Crippen LogP contribution in [0.4, 0.5) is 0 Å². The SMILES string of the molecule is C=C(NC)C(C)Cc1ccc(O)cc1.CC(C)=O. The highest BCUT2D eigenvalue weighted by molar-refractivity contribution is 5.72. The van der Waals surface area contributed by atoms with Gasteiger partial charge in [0, 0.05) is 12.7 Å². The van der Waals surface area contributed by atoms with Gasteiger partial charge in [0.2, 0.25) is 0 Å². The molecule has 3 heteroatoms. The molecule has 2 N–H and O–H groups in total. The summed E-state index contributed by atoms with van der Waals surface area (Å²) in [5, 5.41) is 12.2. The average molecular weight is 249 g/mol. The molecule has 0 saturated heterocycles. The monoisotopic (exact) mass is 249 g/mol. The molecule has 0 aliphatic rings. The van der Waals surface area contributed by atoms with Gasteiger partial charge in [0.15, 0.2) is 0 Å². The predicted octanol–water partition coefficient (Wildman–Crippen LogP) is 2.90. The maximum Gasteiger partial charge on any atom is 0.126 e. The molecule has 3 nitrogen and oxygen atoms in total. The lowest BCUT2D eigenvalue weighted by atomic mass is 9.99. The van der Waals surface area contributed by atoms with Gasteiger partial charge >= 0.3 is 0 Å². The molecular formula is C15H23NO2. The molecule has 0 aliphatic heterocycles. The van der Waals surface area contributed by atoms with Crippen LogP contribution in [0.3, 0.4) is 0 Å². The van der Waals surface area contributed by atoms with Crippen molar-refractivity contribution in [2.75, 3.05) is 7.05 Å². The minimum atomic E-state index is 0.167.